The summed E-state index contributed by atoms with van der Waals surface area (Å²) in [6.45, 7) is 0. The molecule has 0 bridgehead atoms. The van der Waals surface area contributed by atoms with Crippen LogP contribution in [0, 0.1) is 7.14 Å². The van der Waals surface area contributed by atoms with Crippen LogP contribution in [0.2, 0.25) is 0 Å². The number of halogens is 5. The third-order valence-electron chi connectivity index (χ3n) is 1.60. The lowest BCUT2D eigenvalue weighted by atomic mass is 10.1. The normalized spacial score (nSPS) is 11.5. The second kappa shape index (κ2) is 4.44. The Balaban J connectivity index is 3.49. The van der Waals surface area contributed by atoms with Crippen molar-refractivity contribution >= 4 is 51.2 Å². The van der Waals surface area contributed by atoms with E-state index >= 15 is 0 Å². The smallest absolute Gasteiger partial charge is 0.417 e. The molecule has 2 nitrogen and oxygen atoms in total. The van der Waals surface area contributed by atoms with E-state index in [1.807, 2.05) is 0 Å². The van der Waals surface area contributed by atoms with Crippen molar-refractivity contribution < 1.29 is 23.1 Å². The van der Waals surface area contributed by atoms with Crippen LogP contribution in [0.4, 0.5) is 13.2 Å². The van der Waals surface area contributed by atoms with Gasteiger partial charge in [0.1, 0.15) is 0 Å². The molecule has 0 aliphatic rings. The maximum Gasteiger partial charge on any atom is 0.417 e. The van der Waals surface area contributed by atoms with Gasteiger partial charge in [-0.1, -0.05) is 0 Å². The highest BCUT2D eigenvalue weighted by atomic mass is 127. The highest BCUT2D eigenvalue weighted by molar-refractivity contribution is 14.1. The summed E-state index contributed by atoms with van der Waals surface area (Å²) in [6.07, 6.45) is -4.64. The highest BCUT2D eigenvalue weighted by Gasteiger charge is 2.35. The number of hydrogen-bond donors (Lipinski definition) is 1. The highest BCUT2D eigenvalue weighted by Crippen LogP contribution is 2.34. The van der Waals surface area contributed by atoms with Crippen molar-refractivity contribution in [1.29, 1.82) is 0 Å². The molecular formula is C8H3F3I2O2. The van der Waals surface area contributed by atoms with Crippen LogP contribution in [0.3, 0.4) is 0 Å². The molecule has 1 aromatic carbocycles. The largest absolute Gasteiger partial charge is 0.478 e. The van der Waals surface area contributed by atoms with Gasteiger partial charge >= 0.3 is 12.1 Å². The van der Waals surface area contributed by atoms with E-state index < -0.39 is 23.3 Å². The lowest BCUT2D eigenvalue weighted by Crippen LogP contribution is -2.13. The SMILES string of the molecule is O=C(O)c1cc(I)c(I)cc1C(F)(F)F. The zero-order chi connectivity index (χ0) is 11.8. The minimum Gasteiger partial charge on any atom is -0.478 e. The number of carbonyl (C=O) groups is 1. The van der Waals surface area contributed by atoms with Gasteiger partial charge in [0.15, 0.2) is 0 Å². The Hall–Kier alpha value is -0.0600. The molecule has 0 saturated heterocycles. The second-order valence-corrected chi connectivity index (χ2v) is 4.94. The van der Waals surface area contributed by atoms with Crippen LogP contribution in [0.15, 0.2) is 12.1 Å². The molecule has 0 fully saturated rings. The summed E-state index contributed by atoms with van der Waals surface area (Å²) in [5, 5.41) is 8.64. The van der Waals surface area contributed by atoms with Gasteiger partial charge in [0.2, 0.25) is 0 Å². The Kier molecular flexibility index (Phi) is 3.85. The summed E-state index contributed by atoms with van der Waals surface area (Å²) >= 11 is 3.52. The summed E-state index contributed by atoms with van der Waals surface area (Å²) in [6, 6.07) is 1.86. The lowest BCUT2D eigenvalue weighted by Gasteiger charge is -2.11. The molecule has 0 atom stereocenters. The average Bonchev–Trinajstić information content (AvgIpc) is 2.06. The second-order valence-electron chi connectivity index (χ2n) is 2.61. The summed E-state index contributed by atoms with van der Waals surface area (Å²) in [4.78, 5) is 10.6. The number of rotatable bonds is 1. The van der Waals surface area contributed by atoms with Gasteiger partial charge in [-0.2, -0.15) is 13.2 Å². The van der Waals surface area contributed by atoms with Crippen molar-refractivity contribution in [3.8, 4) is 0 Å². The summed E-state index contributed by atoms with van der Waals surface area (Å²) in [7, 11) is 0. The number of alkyl halides is 3. The van der Waals surface area contributed by atoms with E-state index in [0.29, 0.717) is 7.14 Å². The maximum absolute atomic E-state index is 12.5. The van der Waals surface area contributed by atoms with E-state index in [2.05, 4.69) is 0 Å². The first kappa shape index (κ1) is 13.0. The fraction of sp³-hybridized carbons (Fsp3) is 0.125. The topological polar surface area (TPSA) is 37.3 Å². The molecule has 82 valence electrons. The standard InChI is InChI=1S/C8H3F3I2O2/c9-8(10,11)4-2-6(13)5(12)1-3(4)7(14)15/h1-2H,(H,14,15). The predicted molar refractivity (Wildman–Crippen MR) is 63.8 cm³/mol. The van der Waals surface area contributed by atoms with Crippen LogP contribution >= 0.6 is 45.2 Å². The molecule has 7 heteroatoms. The van der Waals surface area contributed by atoms with E-state index in [4.69, 9.17) is 5.11 Å². The number of benzene rings is 1. The molecule has 0 unspecified atom stereocenters. The summed E-state index contributed by atoms with van der Waals surface area (Å²) in [5.74, 6) is -1.57. The summed E-state index contributed by atoms with van der Waals surface area (Å²) < 4.78 is 38.2. The van der Waals surface area contributed by atoms with Crippen LogP contribution in [-0.4, -0.2) is 11.1 Å². The van der Waals surface area contributed by atoms with Gasteiger partial charge in [0.05, 0.1) is 11.1 Å². The van der Waals surface area contributed by atoms with E-state index in [9.17, 15) is 18.0 Å². The van der Waals surface area contributed by atoms with Crippen LogP contribution in [0.25, 0.3) is 0 Å². The van der Waals surface area contributed by atoms with Crippen LogP contribution in [-0.2, 0) is 6.18 Å². The Bertz CT molecular complexity index is 415. The monoisotopic (exact) mass is 442 g/mol. The Morgan fingerprint density at radius 2 is 1.67 bits per heavy atom. The molecule has 1 N–H and O–H groups in total. The van der Waals surface area contributed by atoms with Crippen molar-refractivity contribution in [3.05, 3.63) is 30.4 Å². The summed E-state index contributed by atoms with van der Waals surface area (Å²) in [5.41, 5.74) is -1.83. The van der Waals surface area contributed by atoms with Gasteiger partial charge in [-0.25, -0.2) is 4.79 Å². The van der Waals surface area contributed by atoms with Crippen molar-refractivity contribution in [2.75, 3.05) is 0 Å². The van der Waals surface area contributed by atoms with Crippen molar-refractivity contribution in [3.63, 3.8) is 0 Å². The molecule has 1 rings (SSSR count). The van der Waals surface area contributed by atoms with Crippen LogP contribution in [0.5, 0.6) is 0 Å². The number of carboxylic acids is 1. The molecule has 0 heterocycles. The molecule has 0 aliphatic carbocycles. The number of carboxylic acid groups (broad SMARTS) is 1. The van der Waals surface area contributed by atoms with Gasteiger partial charge in [-0.15, -0.1) is 0 Å². The Morgan fingerprint density at radius 1 is 1.20 bits per heavy atom. The molecule has 0 aromatic heterocycles. The molecule has 0 saturated carbocycles. The third kappa shape index (κ3) is 2.95. The van der Waals surface area contributed by atoms with Crippen molar-refractivity contribution in [1.82, 2.24) is 0 Å². The molecule has 0 spiro atoms. The van der Waals surface area contributed by atoms with Crippen molar-refractivity contribution in [2.24, 2.45) is 0 Å². The van der Waals surface area contributed by atoms with E-state index in [0.717, 1.165) is 12.1 Å². The lowest BCUT2D eigenvalue weighted by molar-refractivity contribution is -0.138. The van der Waals surface area contributed by atoms with Gasteiger partial charge in [-0.05, 0) is 57.3 Å². The Labute approximate surface area is 110 Å². The van der Waals surface area contributed by atoms with Crippen LogP contribution in [0.1, 0.15) is 15.9 Å². The minimum atomic E-state index is -4.64. The molecule has 1 aromatic rings. The average molecular weight is 442 g/mol. The zero-order valence-corrected chi connectivity index (χ0v) is 11.2. The number of aromatic carboxylic acids is 1. The number of hydrogen-bond acceptors (Lipinski definition) is 1. The molecule has 15 heavy (non-hydrogen) atoms. The molecule has 0 amide bonds. The van der Waals surface area contributed by atoms with Gasteiger partial charge in [0.25, 0.3) is 0 Å². The van der Waals surface area contributed by atoms with Crippen LogP contribution < -0.4 is 0 Å². The molecular weight excluding hydrogens is 439 g/mol. The van der Waals surface area contributed by atoms with Gasteiger partial charge < -0.3 is 5.11 Å². The first-order valence-electron chi connectivity index (χ1n) is 3.53. The predicted octanol–water partition coefficient (Wildman–Crippen LogP) is 3.61. The molecule has 0 aliphatic heterocycles. The van der Waals surface area contributed by atoms with Crippen molar-refractivity contribution in [2.45, 2.75) is 6.18 Å². The quantitative estimate of drug-likeness (QED) is 0.676. The Morgan fingerprint density at radius 3 is 2.07 bits per heavy atom. The first-order valence-corrected chi connectivity index (χ1v) is 5.68. The zero-order valence-electron chi connectivity index (χ0n) is 6.90. The van der Waals surface area contributed by atoms with E-state index in [1.54, 1.807) is 45.2 Å². The molecule has 0 radical (unpaired) electrons. The fourth-order valence-corrected chi connectivity index (χ4v) is 1.89. The minimum absolute atomic E-state index is 0.380. The maximum atomic E-state index is 12.5. The van der Waals surface area contributed by atoms with Gasteiger partial charge in [0, 0.05) is 7.14 Å². The van der Waals surface area contributed by atoms with Gasteiger partial charge in [-0.3, -0.25) is 0 Å². The first-order chi connectivity index (χ1) is 6.73. The van der Waals surface area contributed by atoms with E-state index in [1.165, 1.54) is 0 Å². The van der Waals surface area contributed by atoms with E-state index in [-0.39, 0.29) is 0 Å². The fourth-order valence-electron chi connectivity index (χ4n) is 0.958. The third-order valence-corrected chi connectivity index (χ3v) is 4.41.